The van der Waals surface area contributed by atoms with E-state index in [-0.39, 0.29) is 58.9 Å². The molecule has 0 aliphatic heterocycles. The summed E-state index contributed by atoms with van der Waals surface area (Å²) in [5, 5.41) is 0. The van der Waals surface area contributed by atoms with Gasteiger partial charge >= 0.3 is 0 Å². The maximum atomic E-state index is 10.6. The van der Waals surface area contributed by atoms with E-state index in [1.54, 1.807) is 0 Å². The van der Waals surface area contributed by atoms with E-state index in [2.05, 4.69) is 0 Å². The molecule has 0 radical (unpaired) electrons. The first-order chi connectivity index (χ1) is 31.5. The van der Waals surface area contributed by atoms with Gasteiger partial charge in [0, 0.05) is 27.9 Å². The first-order valence-corrected chi connectivity index (χ1v) is 19.1. The zero-order chi connectivity index (χ0) is 46.5. The molecule has 0 N–H and O–H groups in total. The second kappa shape index (κ2) is 11.8. The topological polar surface area (TPSA) is 3.24 Å². The molecule has 1 nitrogen and oxygen atoms in total. The van der Waals surface area contributed by atoms with E-state index in [0.717, 1.165) is 44.5 Å². The predicted octanol–water partition coefficient (Wildman–Crippen LogP) is 14.1. The van der Waals surface area contributed by atoms with Gasteiger partial charge in [0.15, 0.2) is 0 Å². The molecule has 0 fully saturated rings. The van der Waals surface area contributed by atoms with Gasteiger partial charge in [0.1, 0.15) is 0 Å². The molecule has 268 valence electrons. The quantitative estimate of drug-likeness (QED) is 0.171. The maximum Gasteiger partial charge on any atom is 0.0714 e. The van der Waals surface area contributed by atoms with Crippen LogP contribution in [0.15, 0.2) is 188 Å². The summed E-state index contributed by atoms with van der Waals surface area (Å²) >= 11 is 0. The van der Waals surface area contributed by atoms with E-state index in [1.165, 1.54) is 4.90 Å². The SMILES string of the molecule is [2H]c1c([2H])c(N(c2c([2H])c([2H])c3c(c2[2H])C(C)(C)c2ccccc2-3)c2c([2H])c([2H])c3c(c2[2H])C(C)(C)c2ccccc2-3)c([2H])c(C2(c3ccccc3)c3ccccc3-c3ccccc32)c1[2H]. The molecule has 1 heteroatoms. The van der Waals surface area contributed by atoms with E-state index in [0.29, 0.717) is 27.8 Å². The van der Waals surface area contributed by atoms with Gasteiger partial charge in [-0.05, 0) is 114 Å². The molecule has 0 unspecified atom stereocenters. The Kier molecular flexibility index (Phi) is 5.08. The zero-order valence-corrected chi connectivity index (χ0v) is 31.6. The van der Waals surface area contributed by atoms with Gasteiger partial charge in [-0.3, -0.25) is 0 Å². The smallest absolute Gasteiger partial charge is 0.0714 e. The predicted molar refractivity (Wildman–Crippen MR) is 234 cm³/mol. The first-order valence-electron chi connectivity index (χ1n) is 24.1. The molecular weight excluding hydrogens is 675 g/mol. The van der Waals surface area contributed by atoms with Gasteiger partial charge in [-0.25, -0.2) is 0 Å². The van der Waals surface area contributed by atoms with E-state index in [9.17, 15) is 13.7 Å². The van der Waals surface area contributed by atoms with Gasteiger partial charge in [0.05, 0.1) is 19.1 Å². The van der Waals surface area contributed by atoms with Crippen LogP contribution in [0.4, 0.5) is 17.1 Å². The van der Waals surface area contributed by atoms with Crippen molar-refractivity contribution in [1.29, 1.82) is 0 Å². The van der Waals surface area contributed by atoms with E-state index < -0.39 is 40.4 Å². The van der Waals surface area contributed by atoms with Gasteiger partial charge in [-0.15, -0.1) is 0 Å². The van der Waals surface area contributed by atoms with Crippen molar-refractivity contribution in [3.8, 4) is 33.4 Å². The third-order valence-corrected chi connectivity index (χ3v) is 12.4. The Balaban J connectivity index is 1.33. The largest absolute Gasteiger partial charge is 0.310 e. The summed E-state index contributed by atoms with van der Waals surface area (Å²) < 4.78 is 100.0. The number of anilines is 3. The normalized spacial score (nSPS) is 18.1. The minimum absolute atomic E-state index is 0.0724. The van der Waals surface area contributed by atoms with Crippen molar-refractivity contribution in [2.75, 3.05) is 4.90 Å². The minimum Gasteiger partial charge on any atom is -0.310 e. The molecule has 0 amide bonds. The standard InChI is InChI=1S/C55H43N/c1-53(2)47-25-12-8-21-41(47)45-31-29-39(34-51(45)53)56(40-30-32-46-42-22-9-13-26-48(42)54(3,4)52(46)35-40)38-20-16-19-37(33-38)55(36-17-6-5-7-18-36)49-27-14-10-23-43(49)44-24-11-15-28-50(44)55/h5-35H,1-4H3/i16D,19D,20D,29D,30D,31D,32D,33D,34D,35D. The summed E-state index contributed by atoms with van der Waals surface area (Å²) in [5.74, 6) is 0. The lowest BCUT2D eigenvalue weighted by molar-refractivity contribution is 0.660. The Labute approximate surface area is 344 Å². The molecule has 0 heterocycles. The van der Waals surface area contributed by atoms with Gasteiger partial charge in [-0.1, -0.05) is 179 Å². The van der Waals surface area contributed by atoms with Crippen LogP contribution < -0.4 is 4.90 Å². The van der Waals surface area contributed by atoms with Gasteiger partial charge in [-0.2, -0.15) is 0 Å². The van der Waals surface area contributed by atoms with Gasteiger partial charge in [0.25, 0.3) is 0 Å². The average molecular weight is 728 g/mol. The minimum atomic E-state index is -1.39. The number of nitrogens with zero attached hydrogens (tertiary/aromatic N) is 1. The van der Waals surface area contributed by atoms with Crippen molar-refractivity contribution in [2.24, 2.45) is 0 Å². The summed E-state index contributed by atoms with van der Waals surface area (Å²) in [6.45, 7) is 7.81. The van der Waals surface area contributed by atoms with Crippen molar-refractivity contribution in [2.45, 2.75) is 43.9 Å². The van der Waals surface area contributed by atoms with Crippen LogP contribution in [0.25, 0.3) is 33.4 Å². The molecule has 8 aromatic rings. The molecule has 11 rings (SSSR count). The fraction of sp³-hybridized carbons (Fsp3) is 0.127. The fourth-order valence-electron chi connectivity index (χ4n) is 9.74. The van der Waals surface area contributed by atoms with Gasteiger partial charge in [0.2, 0.25) is 0 Å². The molecule has 0 spiro atoms. The average Bonchev–Trinajstić information content (AvgIpc) is 3.85. The van der Waals surface area contributed by atoms with Crippen molar-refractivity contribution >= 4 is 17.1 Å². The molecule has 0 saturated carbocycles. The second-order valence-electron chi connectivity index (χ2n) is 16.1. The van der Waals surface area contributed by atoms with Gasteiger partial charge < -0.3 is 4.90 Å². The molecule has 3 aliphatic rings. The van der Waals surface area contributed by atoms with Crippen molar-refractivity contribution in [3.63, 3.8) is 0 Å². The van der Waals surface area contributed by atoms with Crippen LogP contribution in [0.1, 0.15) is 85.9 Å². The lowest BCUT2D eigenvalue weighted by Gasteiger charge is -2.35. The molecule has 0 aromatic heterocycles. The maximum absolute atomic E-state index is 10.6. The highest BCUT2D eigenvalue weighted by molar-refractivity contribution is 5.90. The molecular formula is C55H43N. The van der Waals surface area contributed by atoms with E-state index in [1.807, 2.05) is 155 Å². The third kappa shape index (κ3) is 4.37. The monoisotopic (exact) mass is 727 g/mol. The fourth-order valence-corrected chi connectivity index (χ4v) is 9.74. The van der Waals surface area contributed by atoms with Crippen LogP contribution in [-0.2, 0) is 16.2 Å². The highest BCUT2D eigenvalue weighted by Gasteiger charge is 2.46. The van der Waals surface area contributed by atoms with Crippen LogP contribution in [0, 0.1) is 0 Å². The molecule has 0 saturated heterocycles. The lowest BCUT2D eigenvalue weighted by atomic mass is 9.67. The number of hydrogen-bond acceptors (Lipinski definition) is 1. The van der Waals surface area contributed by atoms with Crippen LogP contribution in [0.3, 0.4) is 0 Å². The van der Waals surface area contributed by atoms with Crippen molar-refractivity contribution in [1.82, 2.24) is 0 Å². The zero-order valence-electron chi connectivity index (χ0n) is 41.6. The number of rotatable bonds is 5. The summed E-state index contributed by atoms with van der Waals surface area (Å²) in [6, 6.07) is 36.7. The molecule has 3 aliphatic carbocycles. The summed E-state index contributed by atoms with van der Waals surface area (Å²) in [4.78, 5) is 1.24. The van der Waals surface area contributed by atoms with E-state index >= 15 is 0 Å². The Morgan fingerprint density at radius 2 is 0.768 bits per heavy atom. The summed E-state index contributed by atoms with van der Waals surface area (Å²) in [6.07, 6.45) is 0. The number of hydrogen-bond donors (Lipinski definition) is 0. The lowest BCUT2D eigenvalue weighted by Crippen LogP contribution is -2.28. The van der Waals surface area contributed by atoms with Crippen molar-refractivity contribution in [3.05, 3.63) is 232 Å². The molecule has 8 aromatic carbocycles. The number of fused-ring (bicyclic) bond motifs is 9. The third-order valence-electron chi connectivity index (χ3n) is 12.4. The Morgan fingerprint density at radius 3 is 1.27 bits per heavy atom. The highest BCUT2D eigenvalue weighted by atomic mass is 15.1. The molecule has 56 heavy (non-hydrogen) atoms. The van der Waals surface area contributed by atoms with Crippen LogP contribution >= 0.6 is 0 Å². The Hall–Kier alpha value is -6.44. The molecule has 0 atom stereocenters. The summed E-state index contributed by atoms with van der Waals surface area (Å²) in [5.41, 5.74) is 4.97. The van der Waals surface area contributed by atoms with E-state index in [4.69, 9.17) is 0 Å². The summed E-state index contributed by atoms with van der Waals surface area (Å²) in [7, 11) is 0. The Bertz CT molecular complexity index is 3280. The Morgan fingerprint density at radius 1 is 0.357 bits per heavy atom. The van der Waals surface area contributed by atoms with Crippen molar-refractivity contribution < 1.29 is 13.7 Å². The first kappa shape index (κ1) is 24.2. The molecule has 0 bridgehead atoms. The number of benzene rings is 8. The second-order valence-corrected chi connectivity index (χ2v) is 16.1. The van der Waals surface area contributed by atoms with Crippen LogP contribution in [0.2, 0.25) is 0 Å². The van der Waals surface area contributed by atoms with Crippen LogP contribution in [0.5, 0.6) is 0 Å². The highest BCUT2D eigenvalue weighted by Crippen LogP contribution is 2.57. The van der Waals surface area contributed by atoms with Crippen LogP contribution in [-0.4, -0.2) is 0 Å².